The summed E-state index contributed by atoms with van der Waals surface area (Å²) in [6.07, 6.45) is 1.59. The van der Waals surface area contributed by atoms with E-state index in [1.807, 2.05) is 18.2 Å². The van der Waals surface area contributed by atoms with Gasteiger partial charge in [-0.1, -0.05) is 17.7 Å². The van der Waals surface area contributed by atoms with Gasteiger partial charge in [0.1, 0.15) is 11.1 Å². The Morgan fingerprint density at radius 3 is 2.89 bits per heavy atom. The third kappa shape index (κ3) is 3.59. The van der Waals surface area contributed by atoms with Gasteiger partial charge >= 0.3 is 5.63 Å². The predicted octanol–water partition coefficient (Wildman–Crippen LogP) is 2.52. The van der Waals surface area contributed by atoms with Crippen molar-refractivity contribution >= 4 is 28.5 Å². The lowest BCUT2D eigenvalue weighted by Crippen LogP contribution is -2.33. The molecule has 0 unspecified atom stereocenters. The van der Waals surface area contributed by atoms with Crippen molar-refractivity contribution in [3.05, 3.63) is 75.4 Å². The number of pyridine rings is 1. The van der Waals surface area contributed by atoms with E-state index in [1.165, 1.54) is 11.0 Å². The molecule has 27 heavy (non-hydrogen) atoms. The number of hydrogen-bond acceptors (Lipinski definition) is 5. The highest BCUT2D eigenvalue weighted by atomic mass is 35.5. The Kier molecular flexibility index (Phi) is 4.68. The van der Waals surface area contributed by atoms with E-state index in [0.29, 0.717) is 29.0 Å². The van der Waals surface area contributed by atoms with E-state index in [9.17, 15) is 14.7 Å². The Hall–Kier alpha value is -2.70. The van der Waals surface area contributed by atoms with E-state index in [2.05, 4.69) is 4.98 Å². The molecule has 1 amide bonds. The van der Waals surface area contributed by atoms with Gasteiger partial charge in [0.2, 0.25) is 0 Å². The number of rotatable bonds is 3. The van der Waals surface area contributed by atoms with Gasteiger partial charge in [0.25, 0.3) is 5.91 Å². The van der Waals surface area contributed by atoms with Crippen molar-refractivity contribution in [1.29, 1.82) is 0 Å². The summed E-state index contributed by atoms with van der Waals surface area (Å²) in [5.41, 5.74) is 0.471. The fourth-order valence-corrected chi connectivity index (χ4v) is 3.60. The van der Waals surface area contributed by atoms with Crippen molar-refractivity contribution in [2.75, 3.05) is 13.1 Å². The maximum atomic E-state index is 12.8. The molecule has 0 radical (unpaired) electrons. The maximum absolute atomic E-state index is 12.8. The lowest BCUT2D eigenvalue weighted by atomic mass is 10.00. The molecule has 2 atom stereocenters. The van der Waals surface area contributed by atoms with Gasteiger partial charge in [0.15, 0.2) is 0 Å². The summed E-state index contributed by atoms with van der Waals surface area (Å²) in [7, 11) is 0. The molecule has 1 saturated heterocycles. The Bertz CT molecular complexity index is 1050. The highest BCUT2D eigenvalue weighted by Crippen LogP contribution is 2.24. The highest BCUT2D eigenvalue weighted by Gasteiger charge is 2.35. The standard InChI is InChI=1S/C20H17ClN2O4/c21-14-4-5-18-12(7-14)9-16(20(26)27-18)19(25)23-10-13(17(24)11-23)8-15-3-1-2-6-22-15/h1-7,9,13,17,24H,8,10-11H2/t13-,17-/m1/s1. The fourth-order valence-electron chi connectivity index (χ4n) is 3.42. The van der Waals surface area contributed by atoms with E-state index >= 15 is 0 Å². The Morgan fingerprint density at radius 1 is 1.26 bits per heavy atom. The first kappa shape index (κ1) is 17.7. The smallest absolute Gasteiger partial charge is 0.349 e. The Labute approximate surface area is 160 Å². The molecule has 1 fully saturated rings. The Balaban J connectivity index is 1.57. The Morgan fingerprint density at radius 2 is 2.11 bits per heavy atom. The second-order valence-corrected chi connectivity index (χ2v) is 7.13. The average Bonchev–Trinajstić information content (AvgIpc) is 3.02. The van der Waals surface area contributed by atoms with Crippen LogP contribution in [-0.2, 0) is 6.42 Å². The van der Waals surface area contributed by atoms with Crippen LogP contribution in [-0.4, -0.2) is 40.1 Å². The molecule has 0 saturated carbocycles. The van der Waals surface area contributed by atoms with E-state index in [1.54, 1.807) is 24.4 Å². The van der Waals surface area contributed by atoms with Crippen LogP contribution in [0.1, 0.15) is 16.1 Å². The van der Waals surface area contributed by atoms with Crippen molar-refractivity contribution in [3.63, 3.8) is 0 Å². The van der Waals surface area contributed by atoms with Gasteiger partial charge in [-0.3, -0.25) is 9.78 Å². The van der Waals surface area contributed by atoms with Gasteiger partial charge in [-0.2, -0.15) is 0 Å². The molecular weight excluding hydrogens is 368 g/mol. The third-order valence-electron chi connectivity index (χ3n) is 4.82. The molecule has 1 aliphatic rings. The number of nitrogens with zero attached hydrogens (tertiary/aromatic N) is 2. The van der Waals surface area contributed by atoms with Crippen LogP contribution in [0.5, 0.6) is 0 Å². The van der Waals surface area contributed by atoms with Crippen LogP contribution in [0.25, 0.3) is 11.0 Å². The minimum absolute atomic E-state index is 0.0598. The molecule has 0 aliphatic carbocycles. The SMILES string of the molecule is O=C(c1cc2cc(Cl)ccc2oc1=O)N1C[C@@H](Cc2ccccn2)[C@H](O)C1. The number of carbonyl (C=O) groups is 1. The normalized spacial score (nSPS) is 19.6. The summed E-state index contributed by atoms with van der Waals surface area (Å²) in [6, 6.07) is 11.9. The molecular formula is C20H17ClN2O4. The topological polar surface area (TPSA) is 83.6 Å². The molecule has 2 aromatic heterocycles. The number of likely N-dealkylation sites (tertiary alicyclic amines) is 1. The molecule has 3 heterocycles. The quantitative estimate of drug-likeness (QED) is 0.701. The fraction of sp³-hybridized carbons (Fsp3) is 0.250. The minimum atomic E-state index is -0.697. The molecule has 138 valence electrons. The van der Waals surface area contributed by atoms with Gasteiger partial charge in [0, 0.05) is 41.3 Å². The molecule has 7 heteroatoms. The summed E-state index contributed by atoms with van der Waals surface area (Å²) >= 11 is 5.98. The summed E-state index contributed by atoms with van der Waals surface area (Å²) in [6.45, 7) is 0.521. The van der Waals surface area contributed by atoms with Gasteiger partial charge in [0.05, 0.1) is 6.10 Å². The molecule has 3 aromatic rings. The minimum Gasteiger partial charge on any atom is -0.422 e. The number of carbonyl (C=O) groups excluding carboxylic acids is 1. The number of β-amino-alcohol motifs (C(OH)–C–C–N with tert-alkyl or cyclic N) is 1. The van der Waals surface area contributed by atoms with Crippen molar-refractivity contribution < 1.29 is 14.3 Å². The predicted molar refractivity (Wildman–Crippen MR) is 101 cm³/mol. The number of amides is 1. The maximum Gasteiger partial charge on any atom is 0.349 e. The third-order valence-corrected chi connectivity index (χ3v) is 5.05. The van der Waals surface area contributed by atoms with E-state index in [4.69, 9.17) is 16.0 Å². The molecule has 1 aromatic carbocycles. The summed E-state index contributed by atoms with van der Waals surface area (Å²) in [5.74, 6) is -0.584. The molecule has 6 nitrogen and oxygen atoms in total. The largest absolute Gasteiger partial charge is 0.422 e. The monoisotopic (exact) mass is 384 g/mol. The number of halogens is 1. The van der Waals surface area contributed by atoms with E-state index < -0.39 is 17.6 Å². The summed E-state index contributed by atoms with van der Waals surface area (Å²) in [5, 5.41) is 11.4. The molecule has 1 aliphatic heterocycles. The zero-order valence-electron chi connectivity index (χ0n) is 14.3. The highest BCUT2D eigenvalue weighted by molar-refractivity contribution is 6.31. The number of aliphatic hydroxyl groups is 1. The van der Waals surface area contributed by atoms with Crippen LogP contribution < -0.4 is 5.63 Å². The first-order valence-electron chi connectivity index (χ1n) is 8.62. The molecule has 4 rings (SSSR count). The molecule has 0 spiro atoms. The second-order valence-electron chi connectivity index (χ2n) is 6.69. The summed E-state index contributed by atoms with van der Waals surface area (Å²) < 4.78 is 5.24. The lowest BCUT2D eigenvalue weighted by molar-refractivity contribution is 0.0760. The van der Waals surface area contributed by atoms with Crippen LogP contribution >= 0.6 is 11.6 Å². The van der Waals surface area contributed by atoms with Crippen molar-refractivity contribution in [2.45, 2.75) is 12.5 Å². The first-order valence-corrected chi connectivity index (χ1v) is 9.00. The average molecular weight is 385 g/mol. The van der Waals surface area contributed by atoms with Gasteiger partial charge in [-0.15, -0.1) is 0 Å². The van der Waals surface area contributed by atoms with Crippen LogP contribution in [0, 0.1) is 5.92 Å². The number of hydrogen-bond donors (Lipinski definition) is 1. The van der Waals surface area contributed by atoms with Gasteiger partial charge in [-0.05, 0) is 42.8 Å². The number of aromatic nitrogens is 1. The van der Waals surface area contributed by atoms with Gasteiger partial charge < -0.3 is 14.4 Å². The molecule has 1 N–H and O–H groups in total. The number of aliphatic hydroxyl groups excluding tert-OH is 1. The van der Waals surface area contributed by atoms with E-state index in [0.717, 1.165) is 5.69 Å². The first-order chi connectivity index (χ1) is 13.0. The zero-order chi connectivity index (χ0) is 19.0. The van der Waals surface area contributed by atoms with E-state index in [-0.39, 0.29) is 18.0 Å². The summed E-state index contributed by atoms with van der Waals surface area (Å²) in [4.78, 5) is 30.9. The second kappa shape index (κ2) is 7.13. The zero-order valence-corrected chi connectivity index (χ0v) is 15.1. The number of benzene rings is 1. The van der Waals surface area contributed by atoms with Crippen LogP contribution in [0.4, 0.5) is 0 Å². The van der Waals surface area contributed by atoms with Crippen LogP contribution in [0.3, 0.4) is 0 Å². The van der Waals surface area contributed by atoms with Crippen molar-refractivity contribution in [1.82, 2.24) is 9.88 Å². The molecule has 0 bridgehead atoms. The van der Waals surface area contributed by atoms with Crippen LogP contribution in [0.2, 0.25) is 5.02 Å². The van der Waals surface area contributed by atoms with Crippen LogP contribution in [0.15, 0.2) is 57.9 Å². The lowest BCUT2D eigenvalue weighted by Gasteiger charge is -2.15. The van der Waals surface area contributed by atoms with Crippen molar-refractivity contribution in [2.24, 2.45) is 5.92 Å². The van der Waals surface area contributed by atoms with Crippen molar-refractivity contribution in [3.8, 4) is 0 Å². The van der Waals surface area contributed by atoms with Gasteiger partial charge in [-0.25, -0.2) is 4.79 Å². The number of fused-ring (bicyclic) bond motifs is 1.